The first-order chi connectivity index (χ1) is 14.3. The average molecular weight is 391 g/mol. The minimum absolute atomic E-state index is 0.242. The van der Waals surface area contributed by atoms with Crippen molar-refractivity contribution in [3.8, 4) is 5.69 Å². The average Bonchev–Trinajstić information content (AvgIpc) is 3.23. The van der Waals surface area contributed by atoms with E-state index >= 15 is 0 Å². The zero-order chi connectivity index (χ0) is 19.9. The van der Waals surface area contributed by atoms with Crippen molar-refractivity contribution in [3.63, 3.8) is 0 Å². The Morgan fingerprint density at radius 3 is 2.69 bits per heavy atom. The lowest BCUT2D eigenvalue weighted by atomic mass is 10.1. The van der Waals surface area contributed by atoms with E-state index in [1.165, 1.54) is 11.3 Å². The largest absolute Gasteiger partial charge is 0.396 e. The summed E-state index contributed by atoms with van der Waals surface area (Å²) in [5.41, 5.74) is 3.76. The first-order valence-electron chi connectivity index (χ1n) is 10.5. The van der Waals surface area contributed by atoms with Gasteiger partial charge in [-0.15, -0.1) is 0 Å². The molecule has 0 saturated carbocycles. The maximum absolute atomic E-state index is 9.60. The number of benzene rings is 1. The number of piperazine rings is 1. The highest BCUT2D eigenvalue weighted by Gasteiger charge is 2.26. The maximum atomic E-state index is 9.60. The summed E-state index contributed by atoms with van der Waals surface area (Å²) in [6, 6.07) is 19.4. The molecule has 0 amide bonds. The molecular formula is C24H30N4O. The van der Waals surface area contributed by atoms with Gasteiger partial charge in [-0.3, -0.25) is 14.8 Å². The van der Waals surface area contributed by atoms with Gasteiger partial charge >= 0.3 is 0 Å². The molecule has 5 nitrogen and oxygen atoms in total. The van der Waals surface area contributed by atoms with Crippen molar-refractivity contribution >= 4 is 0 Å². The lowest BCUT2D eigenvalue weighted by Crippen LogP contribution is -2.53. The highest BCUT2D eigenvalue weighted by atomic mass is 16.3. The SMILES string of the molecule is OCC[C@@H]1CN(Cc2cccn2-c2cccnc2)CCN1CCc1ccccc1. The topological polar surface area (TPSA) is 44.5 Å². The summed E-state index contributed by atoms with van der Waals surface area (Å²) in [4.78, 5) is 9.32. The molecule has 1 aromatic carbocycles. The van der Waals surface area contributed by atoms with E-state index in [9.17, 15) is 5.11 Å². The molecule has 5 heteroatoms. The van der Waals surface area contributed by atoms with Crippen molar-refractivity contribution in [1.82, 2.24) is 19.4 Å². The number of hydrogen-bond donors (Lipinski definition) is 1. The number of aliphatic hydroxyl groups excluding tert-OH is 1. The van der Waals surface area contributed by atoms with Gasteiger partial charge in [-0.25, -0.2) is 0 Å². The van der Waals surface area contributed by atoms with Crippen LogP contribution in [-0.4, -0.2) is 63.3 Å². The van der Waals surface area contributed by atoms with Gasteiger partial charge in [0.05, 0.1) is 11.9 Å². The molecule has 4 rings (SSSR count). The van der Waals surface area contributed by atoms with Crippen LogP contribution in [0.4, 0.5) is 0 Å². The van der Waals surface area contributed by atoms with Crippen molar-refractivity contribution in [2.45, 2.75) is 25.4 Å². The van der Waals surface area contributed by atoms with Gasteiger partial charge in [0.25, 0.3) is 0 Å². The molecule has 0 bridgehead atoms. The van der Waals surface area contributed by atoms with Gasteiger partial charge in [0, 0.05) is 63.5 Å². The molecule has 29 heavy (non-hydrogen) atoms. The number of aromatic nitrogens is 2. The van der Waals surface area contributed by atoms with Crippen molar-refractivity contribution in [3.05, 3.63) is 84.4 Å². The van der Waals surface area contributed by atoms with E-state index < -0.39 is 0 Å². The Labute approximate surface area is 173 Å². The van der Waals surface area contributed by atoms with Gasteiger partial charge in [-0.2, -0.15) is 0 Å². The van der Waals surface area contributed by atoms with Gasteiger partial charge in [0.2, 0.25) is 0 Å². The molecule has 3 aromatic rings. The molecule has 1 fully saturated rings. The van der Waals surface area contributed by atoms with E-state index in [4.69, 9.17) is 0 Å². The molecule has 152 valence electrons. The van der Waals surface area contributed by atoms with Crippen LogP contribution in [0, 0.1) is 0 Å². The van der Waals surface area contributed by atoms with Crippen LogP contribution in [-0.2, 0) is 13.0 Å². The molecule has 1 aliphatic rings. The molecule has 1 N–H and O–H groups in total. The molecular weight excluding hydrogens is 360 g/mol. The fraction of sp³-hybridized carbons (Fsp3) is 0.375. The predicted octanol–water partition coefficient (Wildman–Crippen LogP) is 2.98. The highest BCUT2D eigenvalue weighted by Crippen LogP contribution is 2.19. The van der Waals surface area contributed by atoms with E-state index in [-0.39, 0.29) is 6.61 Å². The Kier molecular flexibility index (Phi) is 6.72. The second-order valence-electron chi connectivity index (χ2n) is 7.75. The van der Waals surface area contributed by atoms with Crippen LogP contribution < -0.4 is 0 Å². The lowest BCUT2D eigenvalue weighted by molar-refractivity contribution is 0.0554. The summed E-state index contributed by atoms with van der Waals surface area (Å²) in [6.07, 6.45) is 7.70. The van der Waals surface area contributed by atoms with Crippen molar-refractivity contribution in [2.24, 2.45) is 0 Å². The highest BCUT2D eigenvalue weighted by molar-refractivity contribution is 5.32. The number of hydrogen-bond acceptors (Lipinski definition) is 4. The Hall–Kier alpha value is -2.47. The Bertz CT molecular complexity index is 865. The monoisotopic (exact) mass is 390 g/mol. The van der Waals surface area contributed by atoms with E-state index in [2.05, 4.69) is 74.1 Å². The van der Waals surface area contributed by atoms with E-state index in [0.29, 0.717) is 6.04 Å². The number of pyridine rings is 1. The van der Waals surface area contributed by atoms with Crippen LogP contribution >= 0.6 is 0 Å². The quantitative estimate of drug-likeness (QED) is 0.642. The fourth-order valence-electron chi connectivity index (χ4n) is 4.26. The smallest absolute Gasteiger partial charge is 0.0636 e. The van der Waals surface area contributed by atoms with Gasteiger partial charge in [0.1, 0.15) is 0 Å². The van der Waals surface area contributed by atoms with Gasteiger partial charge in [0.15, 0.2) is 0 Å². The Morgan fingerprint density at radius 2 is 1.90 bits per heavy atom. The van der Waals surface area contributed by atoms with Crippen LogP contribution in [0.5, 0.6) is 0 Å². The van der Waals surface area contributed by atoms with E-state index in [1.54, 1.807) is 6.20 Å². The van der Waals surface area contributed by atoms with Crippen LogP contribution in [0.25, 0.3) is 5.69 Å². The first-order valence-corrected chi connectivity index (χ1v) is 10.5. The molecule has 0 aliphatic carbocycles. The van der Waals surface area contributed by atoms with E-state index in [0.717, 1.165) is 51.3 Å². The minimum atomic E-state index is 0.242. The van der Waals surface area contributed by atoms with Crippen LogP contribution in [0.2, 0.25) is 0 Å². The second-order valence-corrected chi connectivity index (χ2v) is 7.75. The second kappa shape index (κ2) is 9.83. The molecule has 1 aliphatic heterocycles. The summed E-state index contributed by atoms with van der Waals surface area (Å²) in [7, 11) is 0. The Morgan fingerprint density at radius 1 is 1.00 bits per heavy atom. The van der Waals surface area contributed by atoms with Gasteiger partial charge in [-0.05, 0) is 42.7 Å². The number of aliphatic hydroxyl groups is 1. The van der Waals surface area contributed by atoms with Crippen LogP contribution in [0.15, 0.2) is 73.2 Å². The standard InChI is InChI=1S/C24H30N4O/c29-17-11-23-19-26(15-16-27(23)14-10-21-6-2-1-3-7-21)20-24-9-5-13-28(24)22-8-4-12-25-18-22/h1-9,12-13,18,23,29H,10-11,14-17,19-20H2/t23-/m1/s1. The van der Waals surface area contributed by atoms with Gasteiger partial charge in [-0.1, -0.05) is 30.3 Å². The van der Waals surface area contributed by atoms with Crippen LogP contribution in [0.3, 0.4) is 0 Å². The third-order valence-electron chi connectivity index (χ3n) is 5.82. The first kappa shape index (κ1) is 19.8. The zero-order valence-corrected chi connectivity index (χ0v) is 16.9. The fourth-order valence-corrected chi connectivity index (χ4v) is 4.26. The minimum Gasteiger partial charge on any atom is -0.396 e. The Balaban J connectivity index is 1.38. The predicted molar refractivity (Wildman–Crippen MR) is 116 cm³/mol. The lowest BCUT2D eigenvalue weighted by Gasteiger charge is -2.41. The maximum Gasteiger partial charge on any atom is 0.0636 e. The summed E-state index contributed by atoms with van der Waals surface area (Å²) >= 11 is 0. The molecule has 0 radical (unpaired) electrons. The normalized spacial score (nSPS) is 18.2. The zero-order valence-electron chi connectivity index (χ0n) is 16.9. The molecule has 1 atom stereocenters. The molecule has 0 unspecified atom stereocenters. The van der Waals surface area contributed by atoms with Gasteiger partial charge < -0.3 is 9.67 Å². The third kappa shape index (κ3) is 5.12. The van der Waals surface area contributed by atoms with Crippen molar-refractivity contribution < 1.29 is 5.11 Å². The summed E-state index contributed by atoms with van der Waals surface area (Å²) in [6.45, 7) is 5.30. The van der Waals surface area contributed by atoms with Crippen molar-refractivity contribution in [1.29, 1.82) is 0 Å². The summed E-state index contributed by atoms with van der Waals surface area (Å²) in [5, 5.41) is 9.60. The molecule has 3 heterocycles. The van der Waals surface area contributed by atoms with E-state index in [1.807, 2.05) is 12.3 Å². The summed E-state index contributed by atoms with van der Waals surface area (Å²) in [5.74, 6) is 0. The molecule has 0 spiro atoms. The van der Waals surface area contributed by atoms with Crippen molar-refractivity contribution in [2.75, 3.05) is 32.8 Å². The molecule has 2 aromatic heterocycles. The summed E-state index contributed by atoms with van der Waals surface area (Å²) < 4.78 is 2.22. The molecule has 1 saturated heterocycles. The number of rotatable bonds is 8. The number of nitrogens with zero attached hydrogens (tertiary/aromatic N) is 4. The van der Waals surface area contributed by atoms with Crippen LogP contribution in [0.1, 0.15) is 17.7 Å². The third-order valence-corrected chi connectivity index (χ3v) is 5.82.